The van der Waals surface area contributed by atoms with E-state index in [9.17, 15) is 4.79 Å². The molecule has 1 aromatic heterocycles. The number of carbonyl (C=O) groups excluding carboxylic acids is 1. The summed E-state index contributed by atoms with van der Waals surface area (Å²) in [6, 6.07) is 1.75. The fraction of sp³-hybridized carbons (Fsp3) is 0.538. The predicted octanol–water partition coefficient (Wildman–Crippen LogP) is 1.50. The second-order valence-electron chi connectivity index (χ2n) is 4.94. The van der Waals surface area contributed by atoms with Crippen molar-refractivity contribution in [3.63, 3.8) is 0 Å². The molecule has 6 heteroatoms. The van der Waals surface area contributed by atoms with Gasteiger partial charge in [-0.2, -0.15) is 0 Å². The summed E-state index contributed by atoms with van der Waals surface area (Å²) in [4.78, 5) is 14.2. The molecule has 1 fully saturated rings. The Hall–Kier alpha value is -1.98. The van der Waals surface area contributed by atoms with Gasteiger partial charge in [0.05, 0.1) is 5.56 Å². The van der Waals surface area contributed by atoms with E-state index in [2.05, 4.69) is 5.16 Å². The molecule has 2 rings (SSSR count). The fourth-order valence-corrected chi connectivity index (χ4v) is 2.50. The summed E-state index contributed by atoms with van der Waals surface area (Å²) in [5, 5.41) is 11.8. The number of furan rings is 1. The van der Waals surface area contributed by atoms with Crippen molar-refractivity contribution < 1.29 is 14.4 Å². The van der Waals surface area contributed by atoms with Crippen molar-refractivity contribution >= 4 is 11.7 Å². The normalized spacial score (nSPS) is 20.6. The Labute approximate surface area is 111 Å². The summed E-state index contributed by atoms with van der Waals surface area (Å²) < 4.78 is 5.39. The molecular formula is C13H19N3O3. The number of nitrogens with zero attached hydrogens (tertiary/aromatic N) is 2. The number of rotatable bonds is 2. The van der Waals surface area contributed by atoms with Gasteiger partial charge in [-0.25, -0.2) is 0 Å². The molecule has 0 bridgehead atoms. The van der Waals surface area contributed by atoms with E-state index in [0.717, 1.165) is 18.6 Å². The molecule has 19 heavy (non-hydrogen) atoms. The van der Waals surface area contributed by atoms with E-state index in [0.29, 0.717) is 24.4 Å². The van der Waals surface area contributed by atoms with Crippen molar-refractivity contribution in [2.24, 2.45) is 16.8 Å². The molecule has 0 spiro atoms. The van der Waals surface area contributed by atoms with Crippen LogP contribution in [0.15, 0.2) is 15.6 Å². The number of hydrogen-bond acceptors (Lipinski definition) is 4. The van der Waals surface area contributed by atoms with Crippen molar-refractivity contribution in [3.8, 4) is 0 Å². The predicted molar refractivity (Wildman–Crippen MR) is 70.2 cm³/mol. The lowest BCUT2D eigenvalue weighted by atomic mass is 9.96. The molecule has 1 aliphatic heterocycles. The van der Waals surface area contributed by atoms with Crippen LogP contribution in [0.3, 0.4) is 0 Å². The van der Waals surface area contributed by atoms with Gasteiger partial charge < -0.3 is 20.3 Å². The zero-order chi connectivity index (χ0) is 14.0. The third kappa shape index (κ3) is 2.72. The van der Waals surface area contributed by atoms with Crippen LogP contribution in [0.1, 0.15) is 34.7 Å². The molecule has 1 aliphatic rings. The molecule has 0 aliphatic carbocycles. The lowest BCUT2D eigenvalue weighted by Gasteiger charge is -2.31. The molecule has 0 aromatic carbocycles. The molecular weight excluding hydrogens is 246 g/mol. The summed E-state index contributed by atoms with van der Waals surface area (Å²) in [7, 11) is 0. The fourth-order valence-electron chi connectivity index (χ4n) is 2.50. The molecule has 2 heterocycles. The number of carbonyl (C=O) groups is 1. The highest BCUT2D eigenvalue weighted by atomic mass is 16.4. The molecule has 1 atom stereocenters. The molecule has 104 valence electrons. The van der Waals surface area contributed by atoms with Gasteiger partial charge in [-0.05, 0) is 32.8 Å². The van der Waals surface area contributed by atoms with Crippen LogP contribution < -0.4 is 5.73 Å². The Bertz CT molecular complexity index is 507. The molecule has 3 N–H and O–H groups in total. The van der Waals surface area contributed by atoms with E-state index in [4.69, 9.17) is 15.4 Å². The number of hydrogen-bond donors (Lipinski definition) is 2. The Kier molecular flexibility index (Phi) is 3.78. The van der Waals surface area contributed by atoms with Gasteiger partial charge in [0.25, 0.3) is 5.91 Å². The van der Waals surface area contributed by atoms with Crippen LogP contribution in [-0.4, -0.2) is 34.9 Å². The van der Waals surface area contributed by atoms with Gasteiger partial charge in [0.2, 0.25) is 0 Å². The largest absolute Gasteiger partial charge is 0.466 e. The molecule has 6 nitrogen and oxygen atoms in total. The topological polar surface area (TPSA) is 92.1 Å². The quantitative estimate of drug-likeness (QED) is 0.367. The maximum Gasteiger partial charge on any atom is 0.257 e. The van der Waals surface area contributed by atoms with Gasteiger partial charge in [-0.15, -0.1) is 0 Å². The Morgan fingerprint density at radius 1 is 1.58 bits per heavy atom. The van der Waals surface area contributed by atoms with Crippen molar-refractivity contribution in [1.29, 1.82) is 0 Å². The summed E-state index contributed by atoms with van der Waals surface area (Å²) >= 11 is 0. The number of piperidine rings is 1. The summed E-state index contributed by atoms with van der Waals surface area (Å²) in [6.45, 7) is 4.78. The first kappa shape index (κ1) is 13.5. The van der Waals surface area contributed by atoms with Crippen LogP contribution in [0.5, 0.6) is 0 Å². The van der Waals surface area contributed by atoms with E-state index in [1.807, 2.05) is 6.92 Å². The molecule has 1 aromatic rings. The SMILES string of the molecule is Cc1cc(C(=O)N2CCCC(C(N)=NO)C2)c(C)o1. The van der Waals surface area contributed by atoms with Crippen LogP contribution in [0.4, 0.5) is 0 Å². The second-order valence-corrected chi connectivity index (χ2v) is 4.94. The molecule has 1 amide bonds. The van der Waals surface area contributed by atoms with Gasteiger partial charge in [0.15, 0.2) is 0 Å². The first-order valence-electron chi connectivity index (χ1n) is 6.36. The minimum atomic E-state index is -0.0731. The standard InChI is InChI=1S/C13H19N3O3/c1-8-6-11(9(2)19-8)13(17)16-5-3-4-10(7-16)12(14)15-18/h6,10,18H,3-5,7H2,1-2H3,(H2,14,15). The van der Waals surface area contributed by atoms with Crippen molar-refractivity contribution in [3.05, 3.63) is 23.2 Å². The number of amidine groups is 1. The molecule has 1 saturated heterocycles. The zero-order valence-corrected chi connectivity index (χ0v) is 11.2. The number of aryl methyl sites for hydroxylation is 2. The highest BCUT2D eigenvalue weighted by molar-refractivity contribution is 5.96. The number of likely N-dealkylation sites (tertiary alicyclic amines) is 1. The van der Waals surface area contributed by atoms with Gasteiger partial charge in [-0.1, -0.05) is 5.16 Å². The lowest BCUT2D eigenvalue weighted by Crippen LogP contribution is -2.44. The van der Waals surface area contributed by atoms with Crippen LogP contribution >= 0.6 is 0 Å². The summed E-state index contributed by atoms with van der Waals surface area (Å²) in [6.07, 6.45) is 1.69. The average Bonchev–Trinajstić information content (AvgIpc) is 2.76. The summed E-state index contributed by atoms with van der Waals surface area (Å²) in [5.41, 5.74) is 6.22. The maximum absolute atomic E-state index is 12.4. The van der Waals surface area contributed by atoms with Gasteiger partial charge in [0.1, 0.15) is 17.4 Å². The average molecular weight is 265 g/mol. The van der Waals surface area contributed by atoms with E-state index in [1.165, 1.54) is 0 Å². The summed E-state index contributed by atoms with van der Waals surface area (Å²) in [5.74, 6) is 1.43. The molecule has 0 saturated carbocycles. The third-order valence-corrected chi connectivity index (χ3v) is 3.51. The second kappa shape index (κ2) is 5.34. The Morgan fingerprint density at radius 2 is 2.32 bits per heavy atom. The first-order chi connectivity index (χ1) is 9.02. The van der Waals surface area contributed by atoms with E-state index in [-0.39, 0.29) is 17.7 Å². The van der Waals surface area contributed by atoms with Gasteiger partial charge in [0, 0.05) is 19.0 Å². The van der Waals surface area contributed by atoms with E-state index < -0.39 is 0 Å². The van der Waals surface area contributed by atoms with E-state index >= 15 is 0 Å². The number of amides is 1. The van der Waals surface area contributed by atoms with Crippen LogP contribution in [-0.2, 0) is 0 Å². The monoisotopic (exact) mass is 265 g/mol. The van der Waals surface area contributed by atoms with Gasteiger partial charge in [-0.3, -0.25) is 4.79 Å². The van der Waals surface area contributed by atoms with Crippen molar-refractivity contribution in [1.82, 2.24) is 4.90 Å². The molecule has 1 unspecified atom stereocenters. The Morgan fingerprint density at radius 3 is 2.89 bits per heavy atom. The van der Waals surface area contributed by atoms with Gasteiger partial charge >= 0.3 is 0 Å². The van der Waals surface area contributed by atoms with Crippen LogP contribution in [0.25, 0.3) is 0 Å². The van der Waals surface area contributed by atoms with Crippen molar-refractivity contribution in [2.75, 3.05) is 13.1 Å². The van der Waals surface area contributed by atoms with Crippen molar-refractivity contribution in [2.45, 2.75) is 26.7 Å². The van der Waals surface area contributed by atoms with Crippen LogP contribution in [0, 0.1) is 19.8 Å². The third-order valence-electron chi connectivity index (χ3n) is 3.51. The first-order valence-corrected chi connectivity index (χ1v) is 6.36. The molecule has 0 radical (unpaired) electrons. The van der Waals surface area contributed by atoms with Crippen LogP contribution in [0.2, 0.25) is 0 Å². The lowest BCUT2D eigenvalue weighted by molar-refractivity contribution is 0.0699. The Balaban J connectivity index is 2.13. The zero-order valence-electron chi connectivity index (χ0n) is 11.2. The minimum Gasteiger partial charge on any atom is -0.466 e. The number of nitrogens with two attached hydrogens (primary N) is 1. The minimum absolute atomic E-state index is 0.0511. The maximum atomic E-state index is 12.4. The highest BCUT2D eigenvalue weighted by Crippen LogP contribution is 2.21. The smallest absolute Gasteiger partial charge is 0.257 e. The van der Waals surface area contributed by atoms with E-state index in [1.54, 1.807) is 17.9 Å². The highest BCUT2D eigenvalue weighted by Gasteiger charge is 2.28. The number of oxime groups is 1.